The summed E-state index contributed by atoms with van der Waals surface area (Å²) in [4.78, 5) is 31.0. The molecule has 1 fully saturated rings. The van der Waals surface area contributed by atoms with E-state index in [9.17, 15) is 9.18 Å². The van der Waals surface area contributed by atoms with Crippen LogP contribution in [-0.2, 0) is 9.53 Å². The van der Waals surface area contributed by atoms with Crippen molar-refractivity contribution < 1.29 is 28.6 Å². The molecule has 30 heavy (non-hydrogen) atoms. The number of amides is 1. The van der Waals surface area contributed by atoms with E-state index in [0.717, 1.165) is 19.3 Å². The second-order valence-corrected chi connectivity index (χ2v) is 6.53. The standard InChI is InChI=1S/C19H23FN4O3.CH2O2/c1-4-27-16-11-24(2)10-15(16)22-18(25)13-7-5-12(6-8-13)17-21-9-14(20)19(23-17)26-3;2-1-3/h5-9,15-16H,4,10-11H2,1-3H3,(H,22,25);1H,(H,2,3)/t15-,16-;/m0./s1. The smallest absolute Gasteiger partial charge is 0.290 e. The van der Waals surface area contributed by atoms with E-state index in [0.29, 0.717) is 23.6 Å². The van der Waals surface area contributed by atoms with Crippen molar-refractivity contribution in [1.29, 1.82) is 0 Å². The van der Waals surface area contributed by atoms with Gasteiger partial charge in [-0.3, -0.25) is 9.59 Å². The topological polar surface area (TPSA) is 114 Å². The van der Waals surface area contributed by atoms with Crippen molar-refractivity contribution in [3.63, 3.8) is 0 Å². The first-order valence-electron chi connectivity index (χ1n) is 9.29. The largest absolute Gasteiger partial charge is 0.483 e. The van der Waals surface area contributed by atoms with E-state index in [2.05, 4.69) is 20.2 Å². The first kappa shape index (κ1) is 23.2. The maximum atomic E-state index is 13.4. The van der Waals surface area contributed by atoms with Crippen LogP contribution in [0.15, 0.2) is 30.5 Å². The fourth-order valence-electron chi connectivity index (χ4n) is 3.14. The molecule has 3 rings (SSSR count). The van der Waals surface area contributed by atoms with E-state index in [4.69, 9.17) is 19.4 Å². The maximum absolute atomic E-state index is 13.4. The third-order valence-corrected chi connectivity index (χ3v) is 4.46. The van der Waals surface area contributed by atoms with E-state index in [1.54, 1.807) is 24.3 Å². The predicted octanol–water partition coefficient (Wildman–Crippen LogP) is 1.44. The summed E-state index contributed by atoms with van der Waals surface area (Å²) in [5.74, 6) is -0.574. The zero-order chi connectivity index (χ0) is 22.1. The molecule has 1 aliphatic heterocycles. The number of hydrogen-bond donors (Lipinski definition) is 2. The molecule has 162 valence electrons. The average molecular weight is 420 g/mol. The summed E-state index contributed by atoms with van der Waals surface area (Å²) in [7, 11) is 3.35. The lowest BCUT2D eigenvalue weighted by Gasteiger charge is -2.19. The van der Waals surface area contributed by atoms with Gasteiger partial charge in [0.1, 0.15) is 0 Å². The molecule has 0 spiro atoms. The van der Waals surface area contributed by atoms with Crippen LogP contribution in [0.4, 0.5) is 4.39 Å². The number of hydrogen-bond acceptors (Lipinski definition) is 7. The number of rotatable bonds is 6. The lowest BCUT2D eigenvalue weighted by Crippen LogP contribution is -2.43. The normalized spacial score (nSPS) is 18.3. The molecule has 1 aliphatic rings. The maximum Gasteiger partial charge on any atom is 0.290 e. The average Bonchev–Trinajstić information content (AvgIpc) is 3.08. The summed E-state index contributed by atoms with van der Waals surface area (Å²) in [6.07, 6.45) is 1.05. The number of nitrogens with one attached hydrogen (secondary N) is 1. The third kappa shape index (κ3) is 5.94. The second-order valence-electron chi connectivity index (χ2n) is 6.53. The minimum atomic E-state index is -0.623. The molecular formula is C20H25FN4O5. The Hall–Kier alpha value is -3.11. The number of likely N-dealkylation sites (N-methyl/N-ethyl adjacent to an activating group) is 1. The van der Waals surface area contributed by atoms with Gasteiger partial charge in [-0.05, 0) is 26.1 Å². The highest BCUT2D eigenvalue weighted by atomic mass is 19.1. The Morgan fingerprint density at radius 2 is 2.03 bits per heavy atom. The Morgan fingerprint density at radius 1 is 1.37 bits per heavy atom. The highest BCUT2D eigenvalue weighted by molar-refractivity contribution is 5.94. The van der Waals surface area contributed by atoms with Crippen LogP contribution in [0, 0.1) is 5.82 Å². The Bertz CT molecular complexity index is 850. The third-order valence-electron chi connectivity index (χ3n) is 4.46. The monoisotopic (exact) mass is 420 g/mol. The summed E-state index contributed by atoms with van der Waals surface area (Å²) < 4.78 is 24.0. The van der Waals surface area contributed by atoms with Gasteiger partial charge in [0, 0.05) is 30.8 Å². The van der Waals surface area contributed by atoms with Crippen molar-refractivity contribution in [2.24, 2.45) is 0 Å². The molecule has 9 nitrogen and oxygen atoms in total. The number of ether oxygens (including phenoxy) is 2. The molecule has 2 heterocycles. The molecule has 2 N–H and O–H groups in total. The summed E-state index contributed by atoms with van der Waals surface area (Å²) >= 11 is 0. The molecular weight excluding hydrogens is 395 g/mol. The summed E-state index contributed by atoms with van der Waals surface area (Å²) in [6, 6.07) is 6.79. The van der Waals surface area contributed by atoms with E-state index in [1.165, 1.54) is 7.11 Å². The van der Waals surface area contributed by atoms with Crippen LogP contribution in [0.3, 0.4) is 0 Å². The van der Waals surface area contributed by atoms with Crippen LogP contribution in [0.1, 0.15) is 17.3 Å². The second kappa shape index (κ2) is 11.2. The minimum absolute atomic E-state index is 0.0108. The fraction of sp³-hybridized carbons (Fsp3) is 0.400. The van der Waals surface area contributed by atoms with Gasteiger partial charge in [0.2, 0.25) is 5.82 Å². The van der Waals surface area contributed by atoms with Crippen LogP contribution in [-0.4, -0.2) is 78.4 Å². The van der Waals surface area contributed by atoms with E-state index in [-0.39, 0.29) is 30.4 Å². The number of likely N-dealkylation sites (tertiary alicyclic amines) is 1. The summed E-state index contributed by atoms with van der Waals surface area (Å²) in [6.45, 7) is 3.85. The summed E-state index contributed by atoms with van der Waals surface area (Å²) in [5, 5.41) is 9.93. The van der Waals surface area contributed by atoms with Crippen molar-refractivity contribution in [2.45, 2.75) is 19.1 Å². The van der Waals surface area contributed by atoms with Gasteiger partial charge in [0.15, 0.2) is 5.82 Å². The molecule has 1 aromatic heterocycles. The first-order chi connectivity index (χ1) is 14.4. The van der Waals surface area contributed by atoms with Crippen LogP contribution in [0.2, 0.25) is 0 Å². The van der Waals surface area contributed by atoms with Gasteiger partial charge in [0.05, 0.1) is 25.5 Å². The SMILES string of the molecule is CCO[C@H]1CN(C)C[C@@H]1NC(=O)c1ccc(-c2ncc(F)c(OC)n2)cc1.O=CO. The number of carboxylic acid groups (broad SMARTS) is 1. The molecule has 1 amide bonds. The van der Waals surface area contributed by atoms with Gasteiger partial charge in [-0.25, -0.2) is 4.98 Å². The van der Waals surface area contributed by atoms with Gasteiger partial charge in [-0.15, -0.1) is 0 Å². The quantitative estimate of drug-likeness (QED) is 0.675. The van der Waals surface area contributed by atoms with Gasteiger partial charge >= 0.3 is 0 Å². The first-order valence-corrected chi connectivity index (χ1v) is 9.29. The fourth-order valence-corrected chi connectivity index (χ4v) is 3.14. The number of carbonyl (C=O) groups is 2. The van der Waals surface area contributed by atoms with Crippen molar-refractivity contribution in [3.8, 4) is 17.3 Å². The minimum Gasteiger partial charge on any atom is -0.483 e. The van der Waals surface area contributed by atoms with Crippen LogP contribution >= 0.6 is 0 Å². The molecule has 10 heteroatoms. The lowest BCUT2D eigenvalue weighted by atomic mass is 10.1. The summed E-state index contributed by atoms with van der Waals surface area (Å²) in [5.41, 5.74) is 1.19. The van der Waals surface area contributed by atoms with Crippen LogP contribution < -0.4 is 10.1 Å². The zero-order valence-electron chi connectivity index (χ0n) is 17.0. The van der Waals surface area contributed by atoms with E-state index in [1.807, 2.05) is 14.0 Å². The van der Waals surface area contributed by atoms with E-state index < -0.39 is 5.82 Å². The number of carbonyl (C=O) groups excluding carboxylic acids is 1. The number of halogens is 1. The Morgan fingerprint density at radius 3 is 2.63 bits per heavy atom. The molecule has 0 bridgehead atoms. The molecule has 1 saturated heterocycles. The highest BCUT2D eigenvalue weighted by Gasteiger charge is 2.32. The molecule has 0 unspecified atom stereocenters. The van der Waals surface area contributed by atoms with Crippen LogP contribution in [0.5, 0.6) is 5.88 Å². The lowest BCUT2D eigenvalue weighted by molar-refractivity contribution is -0.122. The van der Waals surface area contributed by atoms with Crippen molar-refractivity contribution >= 4 is 12.4 Å². The zero-order valence-corrected chi connectivity index (χ0v) is 17.0. The molecule has 2 aromatic rings. The number of benzene rings is 1. The highest BCUT2D eigenvalue weighted by Crippen LogP contribution is 2.20. The van der Waals surface area contributed by atoms with Crippen LogP contribution in [0.25, 0.3) is 11.4 Å². The Balaban J connectivity index is 0.00000101. The van der Waals surface area contributed by atoms with Gasteiger partial charge in [-0.1, -0.05) is 12.1 Å². The number of nitrogens with zero attached hydrogens (tertiary/aromatic N) is 3. The molecule has 1 aromatic carbocycles. The Kier molecular flexibility index (Phi) is 8.63. The van der Waals surface area contributed by atoms with Gasteiger partial charge < -0.3 is 24.8 Å². The molecule has 0 saturated carbocycles. The Labute approximate surface area is 173 Å². The predicted molar refractivity (Wildman–Crippen MR) is 107 cm³/mol. The van der Waals surface area contributed by atoms with Gasteiger partial charge in [-0.2, -0.15) is 9.37 Å². The van der Waals surface area contributed by atoms with Crippen molar-refractivity contribution in [3.05, 3.63) is 41.8 Å². The van der Waals surface area contributed by atoms with Crippen molar-refractivity contribution in [1.82, 2.24) is 20.2 Å². The molecule has 2 atom stereocenters. The molecule has 0 radical (unpaired) electrons. The number of aromatic nitrogens is 2. The van der Waals surface area contributed by atoms with Gasteiger partial charge in [0.25, 0.3) is 18.3 Å². The number of methoxy groups -OCH3 is 1. The molecule has 0 aliphatic carbocycles. The van der Waals surface area contributed by atoms with Crippen molar-refractivity contribution in [2.75, 3.05) is 33.9 Å². The van der Waals surface area contributed by atoms with E-state index >= 15 is 0 Å².